The summed E-state index contributed by atoms with van der Waals surface area (Å²) in [5.74, 6) is -0.176. The number of aliphatic carboxylic acids is 1. The topological polar surface area (TPSA) is 75.7 Å². The fourth-order valence-corrected chi connectivity index (χ4v) is 2.14. The van der Waals surface area contributed by atoms with Crippen molar-refractivity contribution in [3.8, 4) is 0 Å². The summed E-state index contributed by atoms with van der Waals surface area (Å²) in [5.41, 5.74) is 5.97. The molecule has 3 N–H and O–H groups in total. The van der Waals surface area contributed by atoms with Gasteiger partial charge in [0.1, 0.15) is 12.4 Å². The first-order valence-corrected chi connectivity index (χ1v) is 6.80. The summed E-state index contributed by atoms with van der Waals surface area (Å²) < 4.78 is 0.0829. The molecule has 1 aliphatic rings. The third-order valence-electron chi connectivity index (χ3n) is 3.33. The first-order valence-electron chi connectivity index (χ1n) is 6.80. The molecule has 0 amide bonds. The van der Waals surface area contributed by atoms with Gasteiger partial charge in [-0.05, 0) is 12.8 Å². The Hall–Kier alpha value is -1.46. The third kappa shape index (κ3) is 4.01. The standard InChI is InChI=1S/C14H23N3O2/c1-3-4-5-6-7-8-13-16-9-10-17(13,12(2)15)11-14(18)19/h7-10,12H,3-6,11,15H2,1-2H3/p+1/b8-7+. The molecule has 5 heteroatoms. The van der Waals surface area contributed by atoms with Gasteiger partial charge in [-0.2, -0.15) is 4.99 Å². The van der Waals surface area contributed by atoms with Gasteiger partial charge in [-0.15, -0.1) is 0 Å². The molecule has 1 aliphatic heterocycles. The van der Waals surface area contributed by atoms with E-state index in [1.165, 1.54) is 12.8 Å². The van der Waals surface area contributed by atoms with Crippen LogP contribution in [0.2, 0.25) is 0 Å². The normalized spacial score (nSPS) is 23.8. The van der Waals surface area contributed by atoms with Crippen molar-refractivity contribution in [2.45, 2.75) is 45.7 Å². The van der Waals surface area contributed by atoms with Gasteiger partial charge in [0.2, 0.25) is 5.84 Å². The lowest BCUT2D eigenvalue weighted by molar-refractivity contribution is -0.803. The van der Waals surface area contributed by atoms with Crippen molar-refractivity contribution < 1.29 is 14.4 Å². The highest BCUT2D eigenvalue weighted by Gasteiger charge is 2.39. The Kier molecular flexibility index (Phi) is 5.92. The van der Waals surface area contributed by atoms with Gasteiger partial charge in [0.05, 0.1) is 6.20 Å². The van der Waals surface area contributed by atoms with E-state index in [-0.39, 0.29) is 17.2 Å². The molecule has 0 aromatic rings. The molecule has 0 bridgehead atoms. The maximum atomic E-state index is 11.0. The number of quaternary nitrogens is 1. The van der Waals surface area contributed by atoms with Gasteiger partial charge >= 0.3 is 5.97 Å². The first kappa shape index (κ1) is 15.6. The largest absolute Gasteiger partial charge is 0.477 e. The fraction of sp³-hybridized carbons (Fsp3) is 0.571. The van der Waals surface area contributed by atoms with E-state index in [9.17, 15) is 4.79 Å². The van der Waals surface area contributed by atoms with E-state index in [0.29, 0.717) is 5.84 Å². The van der Waals surface area contributed by atoms with E-state index in [1.807, 2.05) is 6.08 Å². The van der Waals surface area contributed by atoms with Crippen LogP contribution in [0.1, 0.15) is 39.5 Å². The number of unbranched alkanes of at least 4 members (excludes halogenated alkanes) is 3. The highest BCUT2D eigenvalue weighted by Crippen LogP contribution is 2.20. The number of nitrogens with two attached hydrogens (primary N) is 1. The molecule has 0 fully saturated rings. The van der Waals surface area contributed by atoms with E-state index in [4.69, 9.17) is 10.8 Å². The lowest BCUT2D eigenvalue weighted by Gasteiger charge is -2.33. The number of hydrogen-bond donors (Lipinski definition) is 2. The number of carboxylic acids is 1. The number of nitrogens with zero attached hydrogens (tertiary/aromatic N) is 2. The molecule has 0 aliphatic carbocycles. The fourth-order valence-electron chi connectivity index (χ4n) is 2.14. The second-order valence-corrected chi connectivity index (χ2v) is 4.91. The Labute approximate surface area is 114 Å². The predicted molar refractivity (Wildman–Crippen MR) is 76.3 cm³/mol. The molecule has 1 rings (SSSR count). The Balaban J connectivity index is 2.73. The second kappa shape index (κ2) is 7.21. The van der Waals surface area contributed by atoms with Crippen LogP contribution in [0.3, 0.4) is 0 Å². The van der Waals surface area contributed by atoms with Crippen LogP contribution in [0, 0.1) is 0 Å². The van der Waals surface area contributed by atoms with Crippen LogP contribution in [0.15, 0.2) is 29.5 Å². The molecular weight excluding hydrogens is 242 g/mol. The minimum absolute atomic E-state index is 0.0771. The molecule has 106 valence electrons. The highest BCUT2D eigenvalue weighted by molar-refractivity contribution is 5.90. The zero-order valence-electron chi connectivity index (χ0n) is 11.7. The zero-order valence-corrected chi connectivity index (χ0v) is 11.7. The van der Waals surface area contributed by atoms with Gasteiger partial charge in [0.15, 0.2) is 6.54 Å². The average molecular weight is 266 g/mol. The number of aliphatic imine (C=N–C) groups is 1. The molecule has 0 radical (unpaired) electrons. The summed E-state index contributed by atoms with van der Waals surface area (Å²) in [7, 11) is 0. The van der Waals surface area contributed by atoms with Crippen molar-refractivity contribution in [2.24, 2.45) is 10.7 Å². The Morgan fingerprint density at radius 1 is 1.58 bits per heavy atom. The van der Waals surface area contributed by atoms with Gasteiger partial charge in [0, 0.05) is 13.0 Å². The van der Waals surface area contributed by atoms with Crippen LogP contribution in [0.5, 0.6) is 0 Å². The van der Waals surface area contributed by atoms with Crippen molar-refractivity contribution in [3.05, 3.63) is 24.6 Å². The monoisotopic (exact) mass is 266 g/mol. The molecule has 0 saturated heterocycles. The lowest BCUT2D eigenvalue weighted by Crippen LogP contribution is -2.58. The van der Waals surface area contributed by atoms with Gasteiger partial charge in [-0.25, -0.2) is 9.28 Å². The van der Waals surface area contributed by atoms with E-state index in [1.54, 1.807) is 19.3 Å². The summed E-state index contributed by atoms with van der Waals surface area (Å²) in [6.07, 6.45) is 11.5. The van der Waals surface area contributed by atoms with Gasteiger partial charge in [-0.1, -0.05) is 25.8 Å². The average Bonchev–Trinajstić information content (AvgIpc) is 2.72. The summed E-state index contributed by atoms with van der Waals surface area (Å²) >= 11 is 0. The Morgan fingerprint density at radius 3 is 2.89 bits per heavy atom. The molecule has 5 nitrogen and oxygen atoms in total. The van der Waals surface area contributed by atoms with Crippen LogP contribution in [0.25, 0.3) is 0 Å². The highest BCUT2D eigenvalue weighted by atomic mass is 16.4. The summed E-state index contributed by atoms with van der Waals surface area (Å²) in [6, 6.07) is 0. The maximum absolute atomic E-state index is 11.0. The number of carbonyl (C=O) groups is 1. The first-order chi connectivity index (χ1) is 9.03. The minimum Gasteiger partial charge on any atom is -0.477 e. The number of carboxylic acid groups (broad SMARTS) is 1. The van der Waals surface area contributed by atoms with Crippen LogP contribution >= 0.6 is 0 Å². The van der Waals surface area contributed by atoms with E-state index >= 15 is 0 Å². The van der Waals surface area contributed by atoms with Crippen LogP contribution in [0.4, 0.5) is 0 Å². The number of allylic oxidation sites excluding steroid dienone is 1. The second-order valence-electron chi connectivity index (χ2n) is 4.91. The van der Waals surface area contributed by atoms with Crippen molar-refractivity contribution in [1.29, 1.82) is 0 Å². The quantitative estimate of drug-likeness (QED) is 0.522. The van der Waals surface area contributed by atoms with Crippen molar-refractivity contribution in [3.63, 3.8) is 0 Å². The van der Waals surface area contributed by atoms with E-state index in [2.05, 4.69) is 18.0 Å². The van der Waals surface area contributed by atoms with Gasteiger partial charge in [0.25, 0.3) is 0 Å². The SMILES string of the molecule is CCCCC/C=C/C1=NC=C[N+]1(CC(=O)O)C(C)N. The smallest absolute Gasteiger partial charge is 0.360 e. The third-order valence-corrected chi connectivity index (χ3v) is 3.33. The number of rotatable bonds is 8. The molecule has 1 heterocycles. The van der Waals surface area contributed by atoms with Crippen molar-refractivity contribution >= 4 is 11.8 Å². The molecule has 0 saturated carbocycles. The molecule has 19 heavy (non-hydrogen) atoms. The summed E-state index contributed by atoms with van der Waals surface area (Å²) in [5, 5.41) is 9.06. The van der Waals surface area contributed by atoms with Crippen LogP contribution in [-0.2, 0) is 4.79 Å². The number of amidine groups is 1. The van der Waals surface area contributed by atoms with Gasteiger partial charge < -0.3 is 5.11 Å². The van der Waals surface area contributed by atoms with E-state index in [0.717, 1.165) is 12.8 Å². The summed E-state index contributed by atoms with van der Waals surface area (Å²) in [4.78, 5) is 15.3. The Bertz CT molecular complexity index is 399. The predicted octanol–water partition coefficient (Wildman–Crippen LogP) is 2.21. The molecule has 2 atom stereocenters. The zero-order chi connectivity index (χ0) is 14.3. The molecule has 0 aromatic heterocycles. The van der Waals surface area contributed by atoms with Gasteiger partial charge in [-0.3, -0.25) is 5.73 Å². The van der Waals surface area contributed by atoms with Crippen molar-refractivity contribution in [1.82, 2.24) is 0 Å². The van der Waals surface area contributed by atoms with Crippen molar-refractivity contribution in [2.75, 3.05) is 6.54 Å². The summed E-state index contributed by atoms with van der Waals surface area (Å²) in [6.45, 7) is 3.89. The van der Waals surface area contributed by atoms with Crippen LogP contribution < -0.4 is 5.73 Å². The molecular formula is C14H24N3O2+. The van der Waals surface area contributed by atoms with Crippen LogP contribution in [-0.4, -0.2) is 34.1 Å². The molecule has 0 aromatic carbocycles. The molecule has 0 spiro atoms. The maximum Gasteiger partial charge on any atom is 0.360 e. The Morgan fingerprint density at radius 2 is 2.32 bits per heavy atom. The molecule has 2 unspecified atom stereocenters. The number of hydrogen-bond acceptors (Lipinski definition) is 3. The lowest BCUT2D eigenvalue weighted by atomic mass is 10.2. The minimum atomic E-state index is -0.879. The van der Waals surface area contributed by atoms with E-state index < -0.39 is 5.97 Å².